The van der Waals surface area contributed by atoms with Crippen LogP contribution in [-0.4, -0.2) is 36.0 Å². The molecule has 1 aromatic heterocycles. The molecule has 1 aliphatic rings. The molecule has 2 heterocycles. The summed E-state index contributed by atoms with van der Waals surface area (Å²) in [6, 6.07) is 8.91. The number of nitrogens with one attached hydrogen (secondary N) is 2. The molecule has 6 nitrogen and oxygen atoms in total. The molecular weight excluding hydrogens is 501 g/mol. The number of aromatic nitrogens is 1. The summed E-state index contributed by atoms with van der Waals surface area (Å²) >= 11 is 0. The highest BCUT2D eigenvalue weighted by Crippen LogP contribution is 2.22. The lowest BCUT2D eigenvalue weighted by atomic mass is 9.94. The number of hydrogen-bond donors (Lipinski definition) is 2. The fraction of sp³-hybridized carbons (Fsp3) is 0.583. The van der Waals surface area contributed by atoms with E-state index in [-0.39, 0.29) is 29.4 Å². The molecule has 31 heavy (non-hydrogen) atoms. The first-order valence-corrected chi connectivity index (χ1v) is 11.1. The van der Waals surface area contributed by atoms with Crippen LogP contribution in [0.15, 0.2) is 39.9 Å². The molecular formula is C24H38IN5O. The van der Waals surface area contributed by atoms with Crippen LogP contribution in [0.25, 0.3) is 0 Å². The van der Waals surface area contributed by atoms with E-state index >= 15 is 0 Å². The van der Waals surface area contributed by atoms with Crippen molar-refractivity contribution in [2.75, 3.05) is 20.1 Å². The van der Waals surface area contributed by atoms with Crippen LogP contribution in [0, 0.1) is 0 Å². The SMILES string of the molecule is CN=C(NCc1ccc(CN2CCCCCC2)cc1)NCc1ncc(C(C)(C)C)o1.I. The number of likely N-dealkylation sites (tertiary alicyclic amines) is 1. The zero-order chi connectivity index (χ0) is 21.4. The Morgan fingerprint density at radius 3 is 2.19 bits per heavy atom. The normalized spacial score (nSPS) is 15.8. The minimum atomic E-state index is -0.0371. The Bertz CT molecular complexity index is 802. The van der Waals surface area contributed by atoms with E-state index in [2.05, 4.69) is 70.5 Å². The van der Waals surface area contributed by atoms with Crippen molar-refractivity contribution in [1.29, 1.82) is 0 Å². The smallest absolute Gasteiger partial charge is 0.213 e. The first-order chi connectivity index (χ1) is 14.4. The Morgan fingerprint density at radius 1 is 1.00 bits per heavy atom. The van der Waals surface area contributed by atoms with Crippen molar-refractivity contribution in [2.45, 2.75) is 71.5 Å². The number of oxazole rings is 1. The van der Waals surface area contributed by atoms with Gasteiger partial charge in [-0.3, -0.25) is 9.89 Å². The maximum Gasteiger partial charge on any atom is 0.213 e. The lowest BCUT2D eigenvalue weighted by Crippen LogP contribution is -2.36. The summed E-state index contributed by atoms with van der Waals surface area (Å²) < 4.78 is 5.83. The largest absolute Gasteiger partial charge is 0.443 e. The summed E-state index contributed by atoms with van der Waals surface area (Å²) in [7, 11) is 1.77. The Balaban J connectivity index is 0.00000341. The summed E-state index contributed by atoms with van der Waals surface area (Å²) in [6.07, 6.45) is 7.23. The molecule has 0 bridgehead atoms. The monoisotopic (exact) mass is 539 g/mol. The van der Waals surface area contributed by atoms with Gasteiger partial charge in [0.15, 0.2) is 5.96 Å². The summed E-state index contributed by atoms with van der Waals surface area (Å²) in [5.74, 6) is 2.29. The van der Waals surface area contributed by atoms with Crippen molar-refractivity contribution in [3.05, 3.63) is 53.2 Å². The van der Waals surface area contributed by atoms with Crippen molar-refractivity contribution in [3.8, 4) is 0 Å². The van der Waals surface area contributed by atoms with Gasteiger partial charge >= 0.3 is 0 Å². The van der Waals surface area contributed by atoms with Crippen molar-refractivity contribution in [3.63, 3.8) is 0 Å². The van der Waals surface area contributed by atoms with Gasteiger partial charge in [-0.2, -0.15) is 0 Å². The molecule has 3 rings (SSSR count). The van der Waals surface area contributed by atoms with Crippen LogP contribution in [0.5, 0.6) is 0 Å². The third kappa shape index (κ3) is 8.44. The quantitative estimate of drug-likeness (QED) is 0.313. The second-order valence-electron chi connectivity index (χ2n) is 9.15. The second kappa shape index (κ2) is 12.4. The standard InChI is InChI=1S/C24H37N5O.HI/c1-24(2,3)21-16-26-22(30-21)17-28-23(25-4)27-15-19-9-11-20(12-10-19)18-29-13-7-5-6-8-14-29;/h9-12,16H,5-8,13-15,17-18H2,1-4H3,(H2,25,27,28);1H. The molecule has 0 unspecified atom stereocenters. The van der Waals surface area contributed by atoms with Gasteiger partial charge in [0.05, 0.1) is 12.7 Å². The third-order valence-corrected chi connectivity index (χ3v) is 5.51. The van der Waals surface area contributed by atoms with Gasteiger partial charge < -0.3 is 15.1 Å². The predicted octanol–water partition coefficient (Wildman–Crippen LogP) is 4.83. The van der Waals surface area contributed by atoms with Gasteiger partial charge in [-0.1, -0.05) is 57.9 Å². The minimum absolute atomic E-state index is 0. The molecule has 2 aromatic rings. The fourth-order valence-electron chi connectivity index (χ4n) is 3.62. The number of halogens is 1. The van der Waals surface area contributed by atoms with Gasteiger partial charge in [-0.25, -0.2) is 4.98 Å². The van der Waals surface area contributed by atoms with Gasteiger partial charge in [0.2, 0.25) is 5.89 Å². The van der Waals surface area contributed by atoms with Gasteiger partial charge in [-0.05, 0) is 37.1 Å². The van der Waals surface area contributed by atoms with E-state index in [1.165, 1.54) is 49.9 Å². The Hall–Kier alpha value is -1.61. The average molecular weight is 540 g/mol. The van der Waals surface area contributed by atoms with Gasteiger partial charge in [-0.15, -0.1) is 24.0 Å². The van der Waals surface area contributed by atoms with E-state index in [0.717, 1.165) is 24.8 Å². The minimum Gasteiger partial charge on any atom is -0.443 e. The Labute approximate surface area is 204 Å². The lowest BCUT2D eigenvalue weighted by molar-refractivity contribution is 0.277. The summed E-state index contributed by atoms with van der Waals surface area (Å²) in [6.45, 7) is 11.1. The van der Waals surface area contributed by atoms with Gasteiger partial charge in [0.25, 0.3) is 0 Å². The first-order valence-electron chi connectivity index (χ1n) is 11.1. The van der Waals surface area contributed by atoms with Crippen molar-refractivity contribution in [2.24, 2.45) is 4.99 Å². The first kappa shape index (κ1) is 25.6. The molecule has 1 fully saturated rings. The summed E-state index contributed by atoms with van der Waals surface area (Å²) in [5.41, 5.74) is 2.59. The van der Waals surface area contributed by atoms with Crippen molar-refractivity contribution < 1.29 is 4.42 Å². The highest BCUT2D eigenvalue weighted by Gasteiger charge is 2.19. The van der Waals surface area contributed by atoms with Crippen LogP contribution in [0.2, 0.25) is 0 Å². The Morgan fingerprint density at radius 2 is 1.61 bits per heavy atom. The second-order valence-corrected chi connectivity index (χ2v) is 9.15. The molecule has 1 saturated heterocycles. The van der Waals surface area contributed by atoms with Crippen molar-refractivity contribution in [1.82, 2.24) is 20.5 Å². The molecule has 0 radical (unpaired) electrons. The molecule has 0 saturated carbocycles. The highest BCUT2D eigenvalue weighted by atomic mass is 127. The molecule has 1 aromatic carbocycles. The molecule has 7 heteroatoms. The van der Waals surface area contributed by atoms with Gasteiger partial charge in [0.1, 0.15) is 5.76 Å². The van der Waals surface area contributed by atoms with Crippen LogP contribution in [0.1, 0.15) is 69.2 Å². The maximum atomic E-state index is 5.83. The number of rotatable bonds is 6. The van der Waals surface area contributed by atoms with Crippen LogP contribution in [0.4, 0.5) is 0 Å². The molecule has 1 aliphatic heterocycles. The van der Waals surface area contributed by atoms with E-state index in [4.69, 9.17) is 4.42 Å². The average Bonchev–Trinajstić information content (AvgIpc) is 3.07. The van der Waals surface area contributed by atoms with Crippen LogP contribution in [0.3, 0.4) is 0 Å². The topological polar surface area (TPSA) is 65.7 Å². The molecule has 172 valence electrons. The summed E-state index contributed by atoms with van der Waals surface area (Å²) in [5, 5.41) is 6.63. The number of nitrogens with zero attached hydrogens (tertiary/aromatic N) is 3. The van der Waals surface area contributed by atoms with E-state index in [1.807, 2.05) is 0 Å². The zero-order valence-electron chi connectivity index (χ0n) is 19.4. The van der Waals surface area contributed by atoms with E-state index in [0.29, 0.717) is 12.4 Å². The maximum absolute atomic E-state index is 5.83. The third-order valence-electron chi connectivity index (χ3n) is 5.51. The Kier molecular flexibility index (Phi) is 10.3. The number of guanidine groups is 1. The van der Waals surface area contributed by atoms with Crippen LogP contribution in [-0.2, 0) is 25.0 Å². The summed E-state index contributed by atoms with van der Waals surface area (Å²) in [4.78, 5) is 11.2. The van der Waals surface area contributed by atoms with Gasteiger partial charge in [0, 0.05) is 25.6 Å². The molecule has 2 N–H and O–H groups in total. The van der Waals surface area contributed by atoms with E-state index in [1.54, 1.807) is 13.2 Å². The van der Waals surface area contributed by atoms with Crippen LogP contribution >= 0.6 is 24.0 Å². The highest BCUT2D eigenvalue weighted by molar-refractivity contribution is 14.0. The number of hydrogen-bond acceptors (Lipinski definition) is 4. The fourth-order valence-corrected chi connectivity index (χ4v) is 3.62. The lowest BCUT2D eigenvalue weighted by Gasteiger charge is -2.20. The number of benzene rings is 1. The zero-order valence-corrected chi connectivity index (χ0v) is 21.7. The molecule has 0 aliphatic carbocycles. The van der Waals surface area contributed by atoms with E-state index < -0.39 is 0 Å². The molecule has 0 spiro atoms. The molecule has 0 atom stereocenters. The number of aliphatic imine (C=N–C) groups is 1. The predicted molar refractivity (Wildman–Crippen MR) is 138 cm³/mol. The van der Waals surface area contributed by atoms with Crippen molar-refractivity contribution >= 4 is 29.9 Å². The molecule has 0 amide bonds. The van der Waals surface area contributed by atoms with E-state index in [9.17, 15) is 0 Å². The van der Waals surface area contributed by atoms with Crippen LogP contribution < -0.4 is 10.6 Å².